The van der Waals surface area contributed by atoms with E-state index in [9.17, 15) is 5.26 Å². The van der Waals surface area contributed by atoms with Crippen LogP contribution >= 0.6 is 0 Å². The van der Waals surface area contributed by atoms with Gasteiger partial charge in [0.2, 0.25) is 0 Å². The Hall–Kier alpha value is -2.00. The molecule has 0 saturated heterocycles. The lowest BCUT2D eigenvalue weighted by Gasteiger charge is -2.21. The summed E-state index contributed by atoms with van der Waals surface area (Å²) < 4.78 is 5.91. The van der Waals surface area contributed by atoms with Crippen molar-refractivity contribution in [3.63, 3.8) is 0 Å². The fourth-order valence-electron chi connectivity index (χ4n) is 2.35. The van der Waals surface area contributed by atoms with E-state index in [1.807, 2.05) is 0 Å². The average Bonchev–Trinajstić information content (AvgIpc) is 2.64. The zero-order valence-electron chi connectivity index (χ0n) is 10.3. The molecule has 2 rings (SSSR count). The van der Waals surface area contributed by atoms with Crippen LogP contribution < -0.4 is 4.74 Å². The van der Waals surface area contributed by atoms with Crippen molar-refractivity contribution >= 4 is 0 Å². The fourth-order valence-corrected chi connectivity index (χ4v) is 2.35. The quantitative estimate of drug-likeness (QED) is 0.744. The molecule has 0 bridgehead atoms. The van der Waals surface area contributed by atoms with Gasteiger partial charge in [0.1, 0.15) is 11.9 Å². The van der Waals surface area contributed by atoms with Gasteiger partial charge < -0.3 is 4.74 Å². The number of ether oxygens (including phenoxy) is 1. The molecule has 2 unspecified atom stereocenters. The Balaban J connectivity index is 2.06. The van der Waals surface area contributed by atoms with Crippen molar-refractivity contribution in [2.24, 2.45) is 5.92 Å². The van der Waals surface area contributed by atoms with Crippen LogP contribution in [0, 0.1) is 28.6 Å². The van der Waals surface area contributed by atoms with Crippen molar-refractivity contribution in [2.75, 3.05) is 0 Å². The minimum atomic E-state index is -0.0110. The van der Waals surface area contributed by atoms with E-state index in [4.69, 9.17) is 10.00 Å². The summed E-state index contributed by atoms with van der Waals surface area (Å²) in [5.74, 6) is 0.740. The molecule has 18 heavy (non-hydrogen) atoms. The maximum atomic E-state index is 9.17. The van der Waals surface area contributed by atoms with Gasteiger partial charge in [0.15, 0.2) is 0 Å². The third-order valence-electron chi connectivity index (χ3n) is 3.39. The second-order valence-corrected chi connectivity index (χ2v) is 4.67. The van der Waals surface area contributed by atoms with Crippen LogP contribution in [0.15, 0.2) is 24.3 Å². The van der Waals surface area contributed by atoms with Crippen molar-refractivity contribution in [3.8, 4) is 17.9 Å². The standard InChI is InChI=1S/C15H16N2O/c16-10-12-6-8-14(9-7-12)18-15-5-3-1-2-4-13(15)11-17/h6-9,13,15H,1-5H2. The van der Waals surface area contributed by atoms with Crippen LogP contribution in [0.25, 0.3) is 0 Å². The Morgan fingerprint density at radius 3 is 2.39 bits per heavy atom. The molecule has 92 valence electrons. The zero-order chi connectivity index (χ0) is 12.8. The van der Waals surface area contributed by atoms with Crippen LogP contribution in [0.5, 0.6) is 5.75 Å². The summed E-state index contributed by atoms with van der Waals surface area (Å²) in [7, 11) is 0. The largest absolute Gasteiger partial charge is 0.489 e. The van der Waals surface area contributed by atoms with Gasteiger partial charge in [-0.25, -0.2) is 0 Å². The molecule has 0 amide bonds. The molecule has 0 aromatic heterocycles. The molecule has 1 aliphatic rings. The molecular weight excluding hydrogens is 224 g/mol. The van der Waals surface area contributed by atoms with Crippen LogP contribution in [-0.4, -0.2) is 6.10 Å². The van der Waals surface area contributed by atoms with E-state index in [2.05, 4.69) is 12.1 Å². The van der Waals surface area contributed by atoms with E-state index >= 15 is 0 Å². The summed E-state index contributed by atoms with van der Waals surface area (Å²) in [4.78, 5) is 0. The molecular formula is C15H16N2O. The van der Waals surface area contributed by atoms with Crippen molar-refractivity contribution in [3.05, 3.63) is 29.8 Å². The zero-order valence-corrected chi connectivity index (χ0v) is 10.3. The van der Waals surface area contributed by atoms with Gasteiger partial charge in [-0.15, -0.1) is 0 Å². The number of hydrogen-bond donors (Lipinski definition) is 0. The first-order valence-corrected chi connectivity index (χ1v) is 6.40. The van der Waals surface area contributed by atoms with Crippen LogP contribution in [0.2, 0.25) is 0 Å². The summed E-state index contributed by atoms with van der Waals surface area (Å²) in [6.07, 6.45) is 5.29. The van der Waals surface area contributed by atoms with Gasteiger partial charge in [0.05, 0.1) is 23.6 Å². The Morgan fingerprint density at radius 1 is 1.00 bits per heavy atom. The normalized spacial score (nSPS) is 23.4. The smallest absolute Gasteiger partial charge is 0.119 e. The van der Waals surface area contributed by atoms with Gasteiger partial charge >= 0.3 is 0 Å². The summed E-state index contributed by atoms with van der Waals surface area (Å²) in [5, 5.41) is 17.9. The minimum absolute atomic E-state index is 0.00886. The monoisotopic (exact) mass is 240 g/mol. The van der Waals surface area contributed by atoms with Crippen molar-refractivity contribution in [1.82, 2.24) is 0 Å². The van der Waals surface area contributed by atoms with Crippen molar-refractivity contribution < 1.29 is 4.74 Å². The first-order valence-electron chi connectivity index (χ1n) is 6.40. The first kappa shape index (κ1) is 12.5. The lowest BCUT2D eigenvalue weighted by Crippen LogP contribution is -2.24. The van der Waals surface area contributed by atoms with Gasteiger partial charge in [-0.1, -0.05) is 12.8 Å². The molecule has 1 fully saturated rings. The van der Waals surface area contributed by atoms with E-state index in [-0.39, 0.29) is 12.0 Å². The first-order chi connectivity index (χ1) is 8.83. The molecule has 0 spiro atoms. The summed E-state index contributed by atoms with van der Waals surface area (Å²) in [6, 6.07) is 11.5. The predicted molar refractivity (Wildman–Crippen MR) is 67.8 cm³/mol. The number of nitrogens with zero attached hydrogens (tertiary/aromatic N) is 2. The van der Waals surface area contributed by atoms with Crippen molar-refractivity contribution in [1.29, 1.82) is 10.5 Å². The Bertz CT molecular complexity index is 467. The maximum Gasteiger partial charge on any atom is 0.119 e. The molecule has 1 saturated carbocycles. The molecule has 2 atom stereocenters. The molecule has 3 heteroatoms. The molecule has 3 nitrogen and oxygen atoms in total. The Labute approximate surface area is 108 Å². The molecule has 1 aromatic rings. The van der Waals surface area contributed by atoms with Gasteiger partial charge in [-0.3, -0.25) is 0 Å². The lowest BCUT2D eigenvalue weighted by molar-refractivity contribution is 0.152. The highest BCUT2D eigenvalue weighted by Crippen LogP contribution is 2.27. The SMILES string of the molecule is N#Cc1ccc(OC2CCCCCC2C#N)cc1. The third kappa shape index (κ3) is 3.02. The summed E-state index contributed by atoms with van der Waals surface area (Å²) in [6.45, 7) is 0. The summed E-state index contributed by atoms with van der Waals surface area (Å²) >= 11 is 0. The Morgan fingerprint density at radius 2 is 1.72 bits per heavy atom. The highest BCUT2D eigenvalue weighted by molar-refractivity contribution is 5.34. The molecule has 0 N–H and O–H groups in total. The minimum Gasteiger partial charge on any atom is -0.489 e. The highest BCUT2D eigenvalue weighted by atomic mass is 16.5. The van der Waals surface area contributed by atoms with E-state index in [0.29, 0.717) is 5.56 Å². The molecule has 1 aliphatic carbocycles. The van der Waals surface area contributed by atoms with Crippen molar-refractivity contribution in [2.45, 2.75) is 38.2 Å². The van der Waals surface area contributed by atoms with E-state index in [1.165, 1.54) is 6.42 Å². The maximum absolute atomic E-state index is 9.17. The Kier molecular flexibility index (Phi) is 4.20. The van der Waals surface area contributed by atoms with Gasteiger partial charge in [0, 0.05) is 0 Å². The third-order valence-corrected chi connectivity index (χ3v) is 3.39. The van der Waals surface area contributed by atoms with Gasteiger partial charge in [-0.05, 0) is 43.5 Å². The number of rotatable bonds is 2. The van der Waals surface area contributed by atoms with Gasteiger partial charge in [0.25, 0.3) is 0 Å². The fraction of sp³-hybridized carbons (Fsp3) is 0.467. The van der Waals surface area contributed by atoms with E-state index < -0.39 is 0 Å². The predicted octanol–water partition coefficient (Wildman–Crippen LogP) is 3.41. The van der Waals surface area contributed by atoms with E-state index in [1.54, 1.807) is 24.3 Å². The number of nitriles is 2. The van der Waals surface area contributed by atoms with Crippen LogP contribution in [0.4, 0.5) is 0 Å². The van der Waals surface area contributed by atoms with Gasteiger partial charge in [-0.2, -0.15) is 10.5 Å². The van der Waals surface area contributed by atoms with Crippen LogP contribution in [0.3, 0.4) is 0 Å². The topological polar surface area (TPSA) is 56.8 Å². The summed E-state index contributed by atoms with van der Waals surface area (Å²) in [5.41, 5.74) is 0.625. The second kappa shape index (κ2) is 6.07. The average molecular weight is 240 g/mol. The molecule has 0 radical (unpaired) electrons. The molecule has 0 heterocycles. The molecule has 1 aromatic carbocycles. The number of hydrogen-bond acceptors (Lipinski definition) is 3. The highest BCUT2D eigenvalue weighted by Gasteiger charge is 2.25. The van der Waals surface area contributed by atoms with Crippen LogP contribution in [-0.2, 0) is 0 Å². The van der Waals surface area contributed by atoms with Crippen LogP contribution in [0.1, 0.15) is 37.7 Å². The lowest BCUT2D eigenvalue weighted by atomic mass is 9.99. The number of benzene rings is 1. The second-order valence-electron chi connectivity index (χ2n) is 4.67. The molecule has 0 aliphatic heterocycles. The van der Waals surface area contributed by atoms with E-state index in [0.717, 1.165) is 31.4 Å².